The molecule has 0 spiro atoms. The van der Waals surface area contributed by atoms with Crippen LogP contribution in [0.2, 0.25) is 0 Å². The topological polar surface area (TPSA) is 38.9 Å². The summed E-state index contributed by atoms with van der Waals surface area (Å²) in [6, 6.07) is 3.24. The summed E-state index contributed by atoms with van der Waals surface area (Å²) >= 11 is 1.89. The molecular formula is C7H7F2IN2. The molecule has 0 fully saturated rings. The van der Waals surface area contributed by atoms with Crippen LogP contribution in [0.15, 0.2) is 12.1 Å². The largest absolute Gasteiger partial charge is 0.326 e. The zero-order valence-electron chi connectivity index (χ0n) is 6.10. The molecule has 0 saturated carbocycles. The van der Waals surface area contributed by atoms with E-state index in [4.69, 9.17) is 5.73 Å². The van der Waals surface area contributed by atoms with Gasteiger partial charge in [-0.25, -0.2) is 13.8 Å². The molecule has 0 amide bonds. The van der Waals surface area contributed by atoms with Crippen LogP contribution in [0.5, 0.6) is 0 Å². The summed E-state index contributed by atoms with van der Waals surface area (Å²) in [7, 11) is 0. The molecule has 0 saturated heterocycles. The highest BCUT2D eigenvalue weighted by atomic mass is 127. The maximum atomic E-state index is 12.3. The quantitative estimate of drug-likeness (QED) is 0.667. The van der Waals surface area contributed by atoms with E-state index in [0.717, 1.165) is 0 Å². The predicted molar refractivity (Wildman–Crippen MR) is 49.8 cm³/mol. The Morgan fingerprint density at radius 3 is 2.67 bits per heavy atom. The van der Waals surface area contributed by atoms with Crippen LogP contribution in [-0.4, -0.2) is 4.98 Å². The maximum absolute atomic E-state index is 12.3. The number of nitrogens with zero attached hydrogens (tertiary/aromatic N) is 1. The number of hydrogen-bond acceptors (Lipinski definition) is 2. The summed E-state index contributed by atoms with van der Waals surface area (Å²) in [4.78, 5) is 3.70. The molecule has 2 nitrogen and oxygen atoms in total. The lowest BCUT2D eigenvalue weighted by Gasteiger charge is -2.05. The van der Waals surface area contributed by atoms with E-state index in [2.05, 4.69) is 4.98 Å². The summed E-state index contributed by atoms with van der Waals surface area (Å²) in [5, 5.41) is 0. The van der Waals surface area contributed by atoms with E-state index in [0.29, 0.717) is 9.26 Å². The van der Waals surface area contributed by atoms with Gasteiger partial charge in [0, 0.05) is 6.54 Å². The Balaban J connectivity index is 3.12. The van der Waals surface area contributed by atoms with Crippen molar-refractivity contribution in [3.05, 3.63) is 27.1 Å². The van der Waals surface area contributed by atoms with Crippen LogP contribution in [-0.2, 0) is 6.54 Å². The first-order valence-electron chi connectivity index (χ1n) is 3.28. The van der Waals surface area contributed by atoms with Crippen LogP contribution in [0, 0.1) is 3.70 Å². The van der Waals surface area contributed by atoms with Gasteiger partial charge >= 0.3 is 0 Å². The van der Waals surface area contributed by atoms with Gasteiger partial charge in [0.25, 0.3) is 6.43 Å². The third-order valence-corrected chi connectivity index (χ3v) is 2.01. The van der Waals surface area contributed by atoms with Crippen molar-refractivity contribution in [1.82, 2.24) is 4.98 Å². The molecule has 66 valence electrons. The van der Waals surface area contributed by atoms with Crippen molar-refractivity contribution in [2.24, 2.45) is 5.73 Å². The first-order chi connectivity index (χ1) is 5.65. The molecule has 0 radical (unpaired) electrons. The van der Waals surface area contributed by atoms with Crippen LogP contribution in [0.3, 0.4) is 0 Å². The lowest BCUT2D eigenvalue weighted by molar-refractivity contribution is 0.144. The summed E-state index contributed by atoms with van der Waals surface area (Å²) < 4.78 is 25.1. The molecule has 1 heterocycles. The lowest BCUT2D eigenvalue weighted by atomic mass is 10.2. The molecule has 5 heteroatoms. The van der Waals surface area contributed by atoms with Gasteiger partial charge in [0.1, 0.15) is 9.39 Å². The van der Waals surface area contributed by atoms with Crippen molar-refractivity contribution >= 4 is 22.6 Å². The average molecular weight is 284 g/mol. The van der Waals surface area contributed by atoms with Crippen LogP contribution in [0.25, 0.3) is 0 Å². The number of halogens is 3. The van der Waals surface area contributed by atoms with Crippen LogP contribution < -0.4 is 5.73 Å². The second-order valence-corrected chi connectivity index (χ2v) is 3.29. The van der Waals surface area contributed by atoms with E-state index in [1.165, 1.54) is 0 Å². The van der Waals surface area contributed by atoms with E-state index in [1.807, 2.05) is 22.6 Å². The Labute approximate surface area is 82.3 Å². The minimum absolute atomic E-state index is 0.101. The Morgan fingerprint density at radius 1 is 1.50 bits per heavy atom. The van der Waals surface area contributed by atoms with Gasteiger partial charge in [0.2, 0.25) is 0 Å². The van der Waals surface area contributed by atoms with Crippen molar-refractivity contribution in [1.29, 1.82) is 0 Å². The van der Waals surface area contributed by atoms with Crippen LogP contribution in [0.4, 0.5) is 8.78 Å². The fraction of sp³-hybridized carbons (Fsp3) is 0.286. The molecular weight excluding hydrogens is 277 g/mol. The highest BCUT2D eigenvalue weighted by molar-refractivity contribution is 14.1. The minimum atomic E-state index is -2.54. The Bertz CT molecular complexity index is 278. The van der Waals surface area contributed by atoms with Crippen LogP contribution >= 0.6 is 22.6 Å². The van der Waals surface area contributed by atoms with Gasteiger partial charge in [-0.15, -0.1) is 0 Å². The van der Waals surface area contributed by atoms with Gasteiger partial charge in [-0.1, -0.05) is 6.07 Å². The zero-order valence-corrected chi connectivity index (χ0v) is 8.26. The minimum Gasteiger partial charge on any atom is -0.326 e. The van der Waals surface area contributed by atoms with Gasteiger partial charge in [0.15, 0.2) is 0 Å². The highest BCUT2D eigenvalue weighted by Gasteiger charge is 2.13. The second kappa shape index (κ2) is 4.08. The molecule has 2 N–H and O–H groups in total. The van der Waals surface area contributed by atoms with E-state index in [9.17, 15) is 8.78 Å². The SMILES string of the molecule is NCc1ccc(I)nc1C(F)F. The summed E-state index contributed by atoms with van der Waals surface area (Å²) in [5.41, 5.74) is 5.47. The summed E-state index contributed by atoms with van der Waals surface area (Å²) in [5.74, 6) is 0. The fourth-order valence-electron chi connectivity index (χ4n) is 0.840. The second-order valence-electron chi connectivity index (χ2n) is 2.18. The van der Waals surface area contributed by atoms with Gasteiger partial charge in [0.05, 0.1) is 0 Å². The Hall–Kier alpha value is -0.300. The van der Waals surface area contributed by atoms with Crippen molar-refractivity contribution in [3.63, 3.8) is 0 Å². The zero-order chi connectivity index (χ0) is 9.14. The van der Waals surface area contributed by atoms with Crippen LogP contribution in [0.1, 0.15) is 17.7 Å². The Morgan fingerprint density at radius 2 is 2.17 bits per heavy atom. The third kappa shape index (κ3) is 2.10. The molecule has 0 bridgehead atoms. The van der Waals surface area contributed by atoms with E-state index >= 15 is 0 Å². The van der Waals surface area contributed by atoms with Crippen molar-refractivity contribution in [2.45, 2.75) is 13.0 Å². The monoisotopic (exact) mass is 284 g/mol. The smallest absolute Gasteiger partial charge is 0.280 e. The molecule has 0 atom stereocenters. The third-order valence-electron chi connectivity index (χ3n) is 1.40. The first-order valence-corrected chi connectivity index (χ1v) is 4.36. The molecule has 1 rings (SSSR count). The maximum Gasteiger partial charge on any atom is 0.280 e. The highest BCUT2D eigenvalue weighted by Crippen LogP contribution is 2.21. The summed E-state index contributed by atoms with van der Waals surface area (Å²) in [6.07, 6.45) is -2.54. The van der Waals surface area contributed by atoms with Gasteiger partial charge < -0.3 is 5.73 Å². The molecule has 0 aromatic carbocycles. The van der Waals surface area contributed by atoms with E-state index in [-0.39, 0.29) is 12.2 Å². The van der Waals surface area contributed by atoms with E-state index < -0.39 is 6.43 Å². The predicted octanol–water partition coefficient (Wildman–Crippen LogP) is 2.08. The van der Waals surface area contributed by atoms with Gasteiger partial charge in [-0.05, 0) is 34.2 Å². The number of pyridine rings is 1. The summed E-state index contributed by atoms with van der Waals surface area (Å²) in [6.45, 7) is 0.101. The number of nitrogens with two attached hydrogens (primary N) is 1. The average Bonchev–Trinajstić information content (AvgIpc) is 2.04. The van der Waals surface area contributed by atoms with Crippen molar-refractivity contribution < 1.29 is 8.78 Å². The standard InChI is InChI=1S/C7H7F2IN2/c8-7(9)6-4(3-11)1-2-5(10)12-6/h1-2,7H,3,11H2. The van der Waals surface area contributed by atoms with E-state index in [1.54, 1.807) is 12.1 Å². The fourth-order valence-corrected chi connectivity index (χ4v) is 1.28. The number of hydrogen-bond donors (Lipinski definition) is 1. The number of alkyl halides is 2. The molecule has 0 aliphatic carbocycles. The molecule has 12 heavy (non-hydrogen) atoms. The molecule has 1 aromatic rings. The molecule has 0 unspecified atom stereocenters. The van der Waals surface area contributed by atoms with Gasteiger partial charge in [-0.3, -0.25) is 0 Å². The molecule has 1 aromatic heterocycles. The van der Waals surface area contributed by atoms with Crippen molar-refractivity contribution in [2.75, 3.05) is 0 Å². The number of rotatable bonds is 2. The lowest BCUT2D eigenvalue weighted by Crippen LogP contribution is -2.05. The van der Waals surface area contributed by atoms with Gasteiger partial charge in [-0.2, -0.15) is 0 Å². The first kappa shape index (κ1) is 9.79. The van der Waals surface area contributed by atoms with Crippen molar-refractivity contribution in [3.8, 4) is 0 Å². The molecule has 0 aliphatic rings. The Kier molecular flexibility index (Phi) is 3.33. The normalized spacial score (nSPS) is 10.8. The molecule has 0 aliphatic heterocycles. The number of aromatic nitrogens is 1.